The number of ether oxygens (including phenoxy) is 1. The molecule has 0 bridgehead atoms. The molecule has 1 saturated carbocycles. The summed E-state index contributed by atoms with van der Waals surface area (Å²) < 4.78 is 5.46. The summed E-state index contributed by atoms with van der Waals surface area (Å²) in [5.41, 5.74) is -0.145. The Morgan fingerprint density at radius 1 is 1.08 bits per heavy atom. The Bertz CT molecular complexity index is 998. The molecule has 1 unspecified atom stereocenters. The lowest BCUT2D eigenvalue weighted by atomic mass is 9.82. The quantitative estimate of drug-likeness (QED) is 0.513. The topological polar surface area (TPSA) is 114 Å². The van der Waals surface area contributed by atoms with Gasteiger partial charge < -0.3 is 20.3 Å². The lowest BCUT2D eigenvalue weighted by Gasteiger charge is -2.41. The minimum Gasteiger partial charge on any atom is -0.464 e. The first-order valence-electron chi connectivity index (χ1n) is 13.2. The van der Waals surface area contributed by atoms with Crippen LogP contribution in [0.1, 0.15) is 78.2 Å². The molecular formula is C28H43N5O4. The van der Waals surface area contributed by atoms with Gasteiger partial charge in [-0.1, -0.05) is 54.5 Å². The van der Waals surface area contributed by atoms with Gasteiger partial charge in [0, 0.05) is 24.6 Å². The monoisotopic (exact) mass is 513 g/mol. The fraction of sp³-hybridized carbons (Fsp3) is 0.679. The van der Waals surface area contributed by atoms with Crippen LogP contribution in [0.3, 0.4) is 0 Å². The van der Waals surface area contributed by atoms with Gasteiger partial charge in [0.25, 0.3) is 5.91 Å². The first-order valence-corrected chi connectivity index (χ1v) is 13.2. The number of rotatable bonds is 8. The number of fused-ring (bicyclic) bond motifs is 1. The standard InChI is InChI=1S/C28H43N5O4/c1-9-37-26(36)21-19-12-10-11-18(19)16-33(21)17(2)22(27(3,4)5)31-25(35)23(28(6,7)8)32-24(34)20-15-29-13-14-30-20/h13-15,18-19,21-23H,2,9-12,16H2,1,3-8H3,(H,31,35)(H,32,34)/t18-,19-,21-,22?,23+/m0/s1. The van der Waals surface area contributed by atoms with Gasteiger partial charge in [-0.15, -0.1) is 0 Å². The van der Waals surface area contributed by atoms with E-state index >= 15 is 0 Å². The van der Waals surface area contributed by atoms with E-state index in [2.05, 4.69) is 32.1 Å². The van der Waals surface area contributed by atoms with Crippen molar-refractivity contribution in [1.29, 1.82) is 0 Å². The highest BCUT2D eigenvalue weighted by atomic mass is 16.5. The lowest BCUT2D eigenvalue weighted by Crippen LogP contribution is -2.59. The second-order valence-electron chi connectivity index (χ2n) is 12.4. The molecule has 9 nitrogen and oxygen atoms in total. The van der Waals surface area contributed by atoms with Crippen LogP contribution in [-0.4, -0.2) is 63.9 Å². The number of hydrogen-bond donors (Lipinski definition) is 2. The Labute approximate surface area is 220 Å². The lowest BCUT2D eigenvalue weighted by molar-refractivity contribution is -0.149. The smallest absolute Gasteiger partial charge is 0.329 e. The molecule has 3 rings (SSSR count). The minimum absolute atomic E-state index is 0.141. The van der Waals surface area contributed by atoms with E-state index in [1.807, 2.05) is 48.5 Å². The molecule has 1 aliphatic heterocycles. The molecule has 37 heavy (non-hydrogen) atoms. The maximum absolute atomic E-state index is 13.7. The number of esters is 1. The second kappa shape index (κ2) is 11.2. The van der Waals surface area contributed by atoms with E-state index in [0.717, 1.165) is 25.8 Å². The van der Waals surface area contributed by atoms with Gasteiger partial charge in [-0.05, 0) is 42.4 Å². The zero-order valence-electron chi connectivity index (χ0n) is 23.3. The summed E-state index contributed by atoms with van der Waals surface area (Å²) in [4.78, 5) is 49.7. The molecule has 1 aromatic heterocycles. The molecule has 0 aromatic carbocycles. The van der Waals surface area contributed by atoms with Crippen LogP contribution in [0.15, 0.2) is 30.9 Å². The summed E-state index contributed by atoms with van der Waals surface area (Å²) in [5, 5.41) is 6.01. The number of aromatic nitrogens is 2. The number of carbonyl (C=O) groups excluding carboxylic acids is 3. The van der Waals surface area contributed by atoms with Gasteiger partial charge >= 0.3 is 5.97 Å². The third kappa shape index (κ3) is 6.48. The highest BCUT2D eigenvalue weighted by molar-refractivity contribution is 5.96. The van der Waals surface area contributed by atoms with Crippen molar-refractivity contribution < 1.29 is 19.1 Å². The molecule has 9 heteroatoms. The highest BCUT2D eigenvalue weighted by Crippen LogP contribution is 2.45. The molecule has 2 N–H and O–H groups in total. The van der Waals surface area contributed by atoms with Crippen LogP contribution in [0.2, 0.25) is 0 Å². The van der Waals surface area contributed by atoms with E-state index < -0.39 is 34.9 Å². The van der Waals surface area contributed by atoms with Crippen LogP contribution in [0.25, 0.3) is 0 Å². The molecule has 1 aromatic rings. The largest absolute Gasteiger partial charge is 0.464 e. The van der Waals surface area contributed by atoms with Gasteiger partial charge in [-0.25, -0.2) is 9.78 Å². The summed E-state index contributed by atoms with van der Waals surface area (Å²) in [5.74, 6) is -0.362. The Morgan fingerprint density at radius 2 is 1.76 bits per heavy atom. The van der Waals surface area contributed by atoms with Gasteiger partial charge in [-0.3, -0.25) is 14.6 Å². The molecule has 204 valence electrons. The van der Waals surface area contributed by atoms with Crippen molar-refractivity contribution in [2.24, 2.45) is 22.7 Å². The highest BCUT2D eigenvalue weighted by Gasteiger charge is 2.50. The maximum Gasteiger partial charge on any atom is 0.329 e. The first kappa shape index (κ1) is 28.6. The number of carbonyl (C=O) groups is 3. The Kier molecular flexibility index (Phi) is 8.65. The summed E-state index contributed by atoms with van der Waals surface area (Å²) in [7, 11) is 0. The molecule has 2 heterocycles. The number of nitrogens with one attached hydrogen (secondary N) is 2. The van der Waals surface area contributed by atoms with E-state index in [0.29, 0.717) is 18.2 Å². The van der Waals surface area contributed by atoms with Gasteiger partial charge in [0.05, 0.1) is 18.8 Å². The zero-order valence-corrected chi connectivity index (χ0v) is 23.3. The third-order valence-corrected chi connectivity index (χ3v) is 7.47. The average molecular weight is 514 g/mol. The van der Waals surface area contributed by atoms with Crippen LogP contribution in [0, 0.1) is 22.7 Å². The molecule has 0 radical (unpaired) electrons. The van der Waals surface area contributed by atoms with Gasteiger partial charge in [0.15, 0.2) is 0 Å². The third-order valence-electron chi connectivity index (χ3n) is 7.47. The molecule has 0 spiro atoms. The Balaban J connectivity index is 1.85. The van der Waals surface area contributed by atoms with Crippen LogP contribution in [-0.2, 0) is 14.3 Å². The van der Waals surface area contributed by atoms with E-state index in [4.69, 9.17) is 4.74 Å². The predicted octanol–water partition coefficient (Wildman–Crippen LogP) is 3.33. The average Bonchev–Trinajstić information content (AvgIpc) is 3.41. The van der Waals surface area contributed by atoms with E-state index in [1.54, 1.807) is 0 Å². The van der Waals surface area contributed by atoms with Crippen molar-refractivity contribution in [2.75, 3.05) is 13.2 Å². The van der Waals surface area contributed by atoms with Gasteiger partial charge in [0.1, 0.15) is 17.8 Å². The van der Waals surface area contributed by atoms with Crippen LogP contribution in [0.4, 0.5) is 0 Å². The normalized spacial score (nSPS) is 23.1. The summed E-state index contributed by atoms with van der Waals surface area (Å²) >= 11 is 0. The maximum atomic E-state index is 13.7. The van der Waals surface area contributed by atoms with Gasteiger partial charge in [-0.2, -0.15) is 0 Å². The number of likely N-dealkylation sites (tertiary alicyclic amines) is 1. The molecule has 2 amide bonds. The number of amides is 2. The predicted molar refractivity (Wildman–Crippen MR) is 141 cm³/mol. The SMILES string of the molecule is C=C(C(NC(=O)[C@@H](NC(=O)c1cnccn1)C(C)(C)C)C(C)(C)C)N1C[C@@H]2CCC[C@@H]2[C@H]1C(=O)OCC. The molecule has 2 aliphatic rings. The molecule has 1 saturated heterocycles. The van der Waals surface area contributed by atoms with E-state index in [9.17, 15) is 14.4 Å². The number of hydrogen-bond acceptors (Lipinski definition) is 7. The van der Waals surface area contributed by atoms with Crippen molar-refractivity contribution in [3.8, 4) is 0 Å². The van der Waals surface area contributed by atoms with Crippen molar-refractivity contribution in [3.63, 3.8) is 0 Å². The fourth-order valence-electron chi connectivity index (χ4n) is 5.62. The molecule has 5 atom stereocenters. The van der Waals surface area contributed by atoms with Crippen LogP contribution >= 0.6 is 0 Å². The van der Waals surface area contributed by atoms with E-state index in [-0.39, 0.29) is 23.5 Å². The van der Waals surface area contributed by atoms with Crippen molar-refractivity contribution >= 4 is 17.8 Å². The second-order valence-corrected chi connectivity index (χ2v) is 12.4. The number of nitrogens with zero attached hydrogens (tertiary/aromatic N) is 3. The van der Waals surface area contributed by atoms with Crippen molar-refractivity contribution in [3.05, 3.63) is 36.6 Å². The zero-order chi connectivity index (χ0) is 27.5. The van der Waals surface area contributed by atoms with E-state index in [1.165, 1.54) is 18.6 Å². The molecular weight excluding hydrogens is 470 g/mol. The Hall–Kier alpha value is -2.97. The molecule has 2 fully saturated rings. The fourth-order valence-corrected chi connectivity index (χ4v) is 5.62. The van der Waals surface area contributed by atoms with Crippen molar-refractivity contribution in [2.45, 2.75) is 85.9 Å². The van der Waals surface area contributed by atoms with Crippen LogP contribution < -0.4 is 10.6 Å². The Morgan fingerprint density at radius 3 is 2.32 bits per heavy atom. The summed E-state index contributed by atoms with van der Waals surface area (Å²) in [6.45, 7) is 19.1. The van der Waals surface area contributed by atoms with Gasteiger partial charge in [0.2, 0.25) is 5.91 Å². The summed E-state index contributed by atoms with van der Waals surface area (Å²) in [6, 6.07) is -1.69. The van der Waals surface area contributed by atoms with Crippen molar-refractivity contribution in [1.82, 2.24) is 25.5 Å². The minimum atomic E-state index is -0.835. The summed E-state index contributed by atoms with van der Waals surface area (Å²) in [6.07, 6.45) is 7.48. The molecule has 1 aliphatic carbocycles. The van der Waals surface area contributed by atoms with Crippen LogP contribution in [0.5, 0.6) is 0 Å². The first-order chi connectivity index (χ1) is 17.3.